The zero-order chi connectivity index (χ0) is 13.7. The standard InChI is InChI=1S/C14H12N2O2S/c1-18-13-8-6-11(7-9-13)15-14(19)10-2-4-12(16-17)5-3-10/h2-9H,1H3,(H,15,19). The van der Waals surface area contributed by atoms with Crippen LogP contribution in [0.3, 0.4) is 0 Å². The van der Waals surface area contributed by atoms with Gasteiger partial charge in [0, 0.05) is 11.3 Å². The van der Waals surface area contributed by atoms with Crippen LogP contribution in [0.15, 0.2) is 53.7 Å². The van der Waals surface area contributed by atoms with E-state index in [0.717, 1.165) is 17.0 Å². The first-order valence-corrected chi connectivity index (χ1v) is 6.02. The topological polar surface area (TPSA) is 50.7 Å². The van der Waals surface area contributed by atoms with Crippen LogP contribution in [0.5, 0.6) is 5.75 Å². The van der Waals surface area contributed by atoms with Crippen molar-refractivity contribution in [3.05, 3.63) is 59.0 Å². The maximum Gasteiger partial charge on any atom is 0.119 e. The Balaban J connectivity index is 2.08. The second kappa shape index (κ2) is 6.06. The van der Waals surface area contributed by atoms with Gasteiger partial charge in [-0.25, -0.2) is 0 Å². The van der Waals surface area contributed by atoms with E-state index >= 15 is 0 Å². The van der Waals surface area contributed by atoms with Crippen molar-refractivity contribution in [2.75, 3.05) is 12.4 Å². The molecule has 0 aliphatic heterocycles. The van der Waals surface area contributed by atoms with Crippen molar-refractivity contribution in [3.63, 3.8) is 0 Å². The number of ether oxygens (including phenoxy) is 1. The molecule has 0 atom stereocenters. The summed E-state index contributed by atoms with van der Waals surface area (Å²) in [5.41, 5.74) is 2.10. The van der Waals surface area contributed by atoms with Crippen LogP contribution in [0, 0.1) is 4.91 Å². The smallest absolute Gasteiger partial charge is 0.119 e. The van der Waals surface area contributed by atoms with Gasteiger partial charge in [0.15, 0.2) is 0 Å². The monoisotopic (exact) mass is 272 g/mol. The minimum Gasteiger partial charge on any atom is -0.497 e. The largest absolute Gasteiger partial charge is 0.497 e. The SMILES string of the molecule is COc1ccc(NC(=S)c2ccc(N=O)cc2)cc1. The lowest BCUT2D eigenvalue weighted by molar-refractivity contribution is 0.415. The lowest BCUT2D eigenvalue weighted by Crippen LogP contribution is -2.10. The molecule has 0 unspecified atom stereocenters. The molecule has 96 valence electrons. The first-order chi connectivity index (χ1) is 9.22. The molecular formula is C14H12N2O2S. The first kappa shape index (κ1) is 13.2. The van der Waals surface area contributed by atoms with E-state index in [9.17, 15) is 4.91 Å². The zero-order valence-electron chi connectivity index (χ0n) is 10.3. The molecule has 0 aromatic heterocycles. The Morgan fingerprint density at radius 2 is 1.74 bits per heavy atom. The number of nitroso groups, excluding NO2 is 1. The Bertz CT molecular complexity index is 579. The van der Waals surface area contributed by atoms with Gasteiger partial charge in [0.1, 0.15) is 16.4 Å². The minimum absolute atomic E-state index is 0.385. The lowest BCUT2D eigenvalue weighted by Gasteiger charge is -2.08. The van der Waals surface area contributed by atoms with Crippen LogP contribution in [0.25, 0.3) is 0 Å². The highest BCUT2D eigenvalue weighted by Crippen LogP contribution is 2.17. The molecule has 0 fully saturated rings. The quantitative estimate of drug-likeness (QED) is 0.678. The van der Waals surface area contributed by atoms with Crippen molar-refractivity contribution >= 4 is 28.6 Å². The van der Waals surface area contributed by atoms with Crippen LogP contribution in [-0.4, -0.2) is 12.1 Å². The molecular weight excluding hydrogens is 260 g/mol. The van der Waals surface area contributed by atoms with Gasteiger partial charge in [-0.1, -0.05) is 12.2 Å². The predicted molar refractivity (Wildman–Crippen MR) is 80.2 cm³/mol. The van der Waals surface area contributed by atoms with Gasteiger partial charge in [0.05, 0.1) is 7.11 Å². The third-order valence-electron chi connectivity index (χ3n) is 2.58. The highest BCUT2D eigenvalue weighted by atomic mass is 32.1. The van der Waals surface area contributed by atoms with Crippen molar-refractivity contribution in [2.45, 2.75) is 0 Å². The molecule has 0 amide bonds. The van der Waals surface area contributed by atoms with Crippen molar-refractivity contribution in [2.24, 2.45) is 5.18 Å². The van der Waals surface area contributed by atoms with E-state index in [1.54, 1.807) is 31.4 Å². The fourth-order valence-corrected chi connectivity index (χ4v) is 1.81. The average Bonchev–Trinajstić information content (AvgIpc) is 2.48. The summed E-state index contributed by atoms with van der Waals surface area (Å²) in [5.74, 6) is 0.790. The van der Waals surface area contributed by atoms with Crippen LogP contribution >= 0.6 is 12.2 Å². The molecule has 5 heteroatoms. The fourth-order valence-electron chi connectivity index (χ4n) is 1.55. The molecule has 2 aromatic rings. The van der Waals surface area contributed by atoms with Gasteiger partial charge < -0.3 is 10.1 Å². The third kappa shape index (κ3) is 3.35. The Morgan fingerprint density at radius 1 is 1.11 bits per heavy atom. The van der Waals surface area contributed by atoms with E-state index in [4.69, 9.17) is 17.0 Å². The molecule has 0 saturated carbocycles. The van der Waals surface area contributed by atoms with Crippen LogP contribution < -0.4 is 10.1 Å². The van der Waals surface area contributed by atoms with Gasteiger partial charge in [0.25, 0.3) is 0 Å². The second-order valence-corrected chi connectivity index (χ2v) is 4.23. The van der Waals surface area contributed by atoms with E-state index in [1.165, 1.54) is 0 Å². The highest BCUT2D eigenvalue weighted by Gasteiger charge is 2.02. The summed E-state index contributed by atoms with van der Waals surface area (Å²) in [6.07, 6.45) is 0. The average molecular weight is 272 g/mol. The van der Waals surface area contributed by atoms with E-state index in [2.05, 4.69) is 10.5 Å². The summed E-state index contributed by atoms with van der Waals surface area (Å²) in [6, 6.07) is 14.2. The van der Waals surface area contributed by atoms with Crippen LogP contribution in [0.1, 0.15) is 5.56 Å². The summed E-state index contributed by atoms with van der Waals surface area (Å²) in [4.78, 5) is 10.9. The summed E-state index contributed by atoms with van der Waals surface area (Å²) >= 11 is 5.29. The van der Waals surface area contributed by atoms with Crippen LogP contribution in [-0.2, 0) is 0 Å². The van der Waals surface area contributed by atoms with Gasteiger partial charge in [0.2, 0.25) is 0 Å². The zero-order valence-corrected chi connectivity index (χ0v) is 11.1. The van der Waals surface area contributed by atoms with Crippen molar-refractivity contribution in [3.8, 4) is 5.75 Å². The van der Waals surface area contributed by atoms with Crippen molar-refractivity contribution < 1.29 is 4.74 Å². The number of rotatable bonds is 4. The lowest BCUT2D eigenvalue weighted by atomic mass is 10.2. The number of nitrogens with zero attached hydrogens (tertiary/aromatic N) is 1. The molecule has 0 saturated heterocycles. The molecule has 0 spiro atoms. The number of thiocarbonyl (C=S) groups is 1. The minimum atomic E-state index is 0.385. The Morgan fingerprint density at radius 3 is 2.26 bits per heavy atom. The fraction of sp³-hybridized carbons (Fsp3) is 0.0714. The van der Waals surface area contributed by atoms with E-state index in [1.807, 2.05) is 24.3 Å². The first-order valence-electron chi connectivity index (χ1n) is 5.62. The summed E-state index contributed by atoms with van der Waals surface area (Å²) in [7, 11) is 1.62. The molecule has 0 aliphatic carbocycles. The molecule has 0 radical (unpaired) electrons. The second-order valence-electron chi connectivity index (χ2n) is 3.82. The number of benzene rings is 2. The van der Waals surface area contributed by atoms with E-state index in [-0.39, 0.29) is 0 Å². The van der Waals surface area contributed by atoms with Gasteiger partial charge in [-0.2, -0.15) is 0 Å². The molecule has 4 nitrogen and oxygen atoms in total. The molecule has 0 heterocycles. The van der Waals surface area contributed by atoms with Gasteiger partial charge in [-0.05, 0) is 53.7 Å². The van der Waals surface area contributed by atoms with E-state index in [0.29, 0.717) is 10.7 Å². The number of nitrogens with one attached hydrogen (secondary N) is 1. The number of hydrogen-bond acceptors (Lipinski definition) is 4. The summed E-state index contributed by atoms with van der Waals surface area (Å²) in [6.45, 7) is 0. The van der Waals surface area contributed by atoms with Gasteiger partial charge in [-0.3, -0.25) is 0 Å². The van der Waals surface area contributed by atoms with Crippen LogP contribution in [0.4, 0.5) is 11.4 Å². The summed E-state index contributed by atoms with van der Waals surface area (Å²) < 4.78 is 5.08. The predicted octanol–water partition coefficient (Wildman–Crippen LogP) is 3.88. The molecule has 19 heavy (non-hydrogen) atoms. The van der Waals surface area contributed by atoms with E-state index < -0.39 is 0 Å². The number of anilines is 1. The molecule has 1 N–H and O–H groups in total. The number of hydrogen-bond donors (Lipinski definition) is 1. The van der Waals surface area contributed by atoms with Gasteiger partial charge >= 0.3 is 0 Å². The Kier molecular flexibility index (Phi) is 4.20. The number of methoxy groups -OCH3 is 1. The molecule has 0 aliphatic rings. The van der Waals surface area contributed by atoms with Crippen molar-refractivity contribution in [1.82, 2.24) is 0 Å². The van der Waals surface area contributed by atoms with Crippen molar-refractivity contribution in [1.29, 1.82) is 0 Å². The third-order valence-corrected chi connectivity index (χ3v) is 2.92. The molecule has 2 rings (SSSR count). The molecule has 2 aromatic carbocycles. The Hall–Kier alpha value is -2.27. The maximum atomic E-state index is 10.3. The van der Waals surface area contributed by atoms with Crippen LogP contribution in [0.2, 0.25) is 0 Å². The normalized spacial score (nSPS) is 9.74. The van der Waals surface area contributed by atoms with Gasteiger partial charge in [-0.15, -0.1) is 4.91 Å². The molecule has 0 bridgehead atoms. The highest BCUT2D eigenvalue weighted by molar-refractivity contribution is 7.81. The Labute approximate surface area is 116 Å². The summed E-state index contributed by atoms with van der Waals surface area (Å²) in [5, 5.41) is 5.96. The maximum absolute atomic E-state index is 10.3.